The average Bonchev–Trinajstić information content (AvgIpc) is 2.92. The van der Waals surface area contributed by atoms with Crippen LogP contribution >= 0.6 is 0 Å². The summed E-state index contributed by atoms with van der Waals surface area (Å²) in [6.07, 6.45) is 0.180. The molecule has 0 amide bonds. The molecule has 6 nitrogen and oxygen atoms in total. The van der Waals surface area contributed by atoms with E-state index in [1.807, 2.05) is 31.2 Å². The summed E-state index contributed by atoms with van der Waals surface area (Å²) >= 11 is 0. The lowest BCUT2D eigenvalue weighted by atomic mass is 10.1. The molecule has 0 saturated carbocycles. The van der Waals surface area contributed by atoms with Crippen LogP contribution in [-0.4, -0.2) is 37.4 Å². The first-order valence-electron chi connectivity index (χ1n) is 6.75. The number of esters is 2. The SMILES string of the molecule is CCOC(=O)[C@@H]1CC(C(=O)OC)=NN1c1ccc(C)cc1. The Bertz CT molecular complexity index is 566. The Kier molecular flexibility index (Phi) is 4.57. The van der Waals surface area contributed by atoms with Gasteiger partial charge in [0.2, 0.25) is 0 Å². The van der Waals surface area contributed by atoms with Crippen molar-refractivity contribution in [3.05, 3.63) is 29.8 Å². The predicted molar refractivity (Wildman–Crippen MR) is 78.1 cm³/mol. The summed E-state index contributed by atoms with van der Waals surface area (Å²) in [6.45, 7) is 4.00. The summed E-state index contributed by atoms with van der Waals surface area (Å²) in [5, 5.41) is 5.74. The molecule has 112 valence electrons. The van der Waals surface area contributed by atoms with Gasteiger partial charge in [0.25, 0.3) is 0 Å². The molecule has 0 fully saturated rings. The van der Waals surface area contributed by atoms with Crippen LogP contribution in [0.2, 0.25) is 0 Å². The number of carbonyl (C=O) groups excluding carboxylic acids is 2. The van der Waals surface area contributed by atoms with E-state index in [9.17, 15) is 9.59 Å². The largest absolute Gasteiger partial charge is 0.464 e. The van der Waals surface area contributed by atoms with E-state index in [4.69, 9.17) is 4.74 Å². The quantitative estimate of drug-likeness (QED) is 0.789. The third-order valence-electron chi connectivity index (χ3n) is 3.19. The third-order valence-corrected chi connectivity index (χ3v) is 3.19. The van der Waals surface area contributed by atoms with Crippen molar-refractivity contribution < 1.29 is 19.1 Å². The fraction of sp³-hybridized carbons (Fsp3) is 0.400. The molecule has 1 aliphatic heterocycles. The maximum Gasteiger partial charge on any atom is 0.354 e. The van der Waals surface area contributed by atoms with Crippen molar-refractivity contribution in [1.82, 2.24) is 0 Å². The highest BCUT2D eigenvalue weighted by atomic mass is 16.5. The molecule has 1 atom stereocenters. The van der Waals surface area contributed by atoms with E-state index in [-0.39, 0.29) is 18.7 Å². The molecule has 0 bridgehead atoms. The molecule has 0 aliphatic carbocycles. The average molecular weight is 290 g/mol. The van der Waals surface area contributed by atoms with Gasteiger partial charge < -0.3 is 9.47 Å². The van der Waals surface area contributed by atoms with Gasteiger partial charge in [-0.15, -0.1) is 0 Å². The lowest BCUT2D eigenvalue weighted by Crippen LogP contribution is -2.36. The number of hydrogen-bond donors (Lipinski definition) is 0. The summed E-state index contributed by atoms with van der Waals surface area (Å²) in [5.74, 6) is -0.931. The second-order valence-corrected chi connectivity index (χ2v) is 4.69. The number of aryl methyl sites for hydroxylation is 1. The Morgan fingerprint density at radius 2 is 2.00 bits per heavy atom. The van der Waals surface area contributed by atoms with Gasteiger partial charge in [-0.05, 0) is 26.0 Å². The highest BCUT2D eigenvalue weighted by Gasteiger charge is 2.37. The van der Waals surface area contributed by atoms with E-state index < -0.39 is 18.0 Å². The van der Waals surface area contributed by atoms with Crippen LogP contribution in [0.5, 0.6) is 0 Å². The molecule has 1 aliphatic rings. The van der Waals surface area contributed by atoms with Crippen LogP contribution < -0.4 is 5.01 Å². The van der Waals surface area contributed by atoms with Crippen LogP contribution in [-0.2, 0) is 19.1 Å². The first kappa shape index (κ1) is 15.0. The van der Waals surface area contributed by atoms with Crippen LogP contribution in [0, 0.1) is 6.92 Å². The number of nitrogens with zero attached hydrogens (tertiary/aromatic N) is 2. The molecule has 0 unspecified atom stereocenters. The summed E-state index contributed by atoms with van der Waals surface area (Å²) in [7, 11) is 1.29. The smallest absolute Gasteiger partial charge is 0.354 e. The van der Waals surface area contributed by atoms with Gasteiger partial charge in [-0.25, -0.2) is 9.59 Å². The maximum absolute atomic E-state index is 12.1. The van der Waals surface area contributed by atoms with Gasteiger partial charge in [0.1, 0.15) is 5.71 Å². The Morgan fingerprint density at radius 3 is 2.57 bits per heavy atom. The van der Waals surface area contributed by atoms with Crippen LogP contribution in [0.1, 0.15) is 18.9 Å². The summed E-state index contributed by atoms with van der Waals surface area (Å²) in [6, 6.07) is 6.91. The lowest BCUT2D eigenvalue weighted by molar-refractivity contribution is -0.144. The van der Waals surface area contributed by atoms with Gasteiger partial charge >= 0.3 is 11.9 Å². The predicted octanol–water partition coefficient (Wildman–Crippen LogP) is 1.67. The third kappa shape index (κ3) is 3.21. The van der Waals surface area contributed by atoms with Crippen LogP contribution in [0.25, 0.3) is 0 Å². The normalized spacial score (nSPS) is 17.4. The number of methoxy groups -OCH3 is 1. The van der Waals surface area contributed by atoms with Gasteiger partial charge in [-0.2, -0.15) is 5.10 Å². The first-order valence-corrected chi connectivity index (χ1v) is 6.75. The topological polar surface area (TPSA) is 68.2 Å². The van der Waals surface area contributed by atoms with Crippen molar-refractivity contribution in [2.45, 2.75) is 26.3 Å². The Balaban J connectivity index is 2.31. The fourth-order valence-corrected chi connectivity index (χ4v) is 2.11. The highest BCUT2D eigenvalue weighted by molar-refractivity contribution is 6.38. The Labute approximate surface area is 123 Å². The Hall–Kier alpha value is -2.37. The Morgan fingerprint density at radius 1 is 1.33 bits per heavy atom. The standard InChI is InChI=1S/C15H18N2O4/c1-4-21-15(19)13-9-12(14(18)20-3)16-17(13)11-7-5-10(2)6-8-11/h5-8,13H,4,9H2,1-3H3/t13-/m0/s1. The van der Waals surface area contributed by atoms with E-state index in [2.05, 4.69) is 9.84 Å². The van der Waals surface area contributed by atoms with E-state index >= 15 is 0 Å². The minimum Gasteiger partial charge on any atom is -0.464 e. The molecular formula is C15H18N2O4. The molecule has 1 heterocycles. The number of anilines is 1. The number of benzene rings is 1. The zero-order valence-corrected chi connectivity index (χ0v) is 12.3. The number of carbonyl (C=O) groups is 2. The number of hydrazone groups is 1. The van der Waals surface area contributed by atoms with Crippen molar-refractivity contribution in [2.24, 2.45) is 5.10 Å². The number of ether oxygens (including phenoxy) is 2. The minimum atomic E-state index is -0.637. The van der Waals surface area contributed by atoms with Gasteiger partial charge in [0.05, 0.1) is 19.4 Å². The van der Waals surface area contributed by atoms with Crippen LogP contribution in [0.3, 0.4) is 0 Å². The second-order valence-electron chi connectivity index (χ2n) is 4.69. The molecule has 0 radical (unpaired) electrons. The van der Waals surface area contributed by atoms with Gasteiger partial charge in [0, 0.05) is 6.42 Å². The van der Waals surface area contributed by atoms with Crippen LogP contribution in [0.15, 0.2) is 29.4 Å². The minimum absolute atomic E-state index is 0.180. The lowest BCUT2D eigenvalue weighted by Gasteiger charge is -2.21. The van der Waals surface area contributed by atoms with E-state index in [0.717, 1.165) is 11.3 Å². The summed E-state index contributed by atoms with van der Waals surface area (Å²) in [4.78, 5) is 23.7. The van der Waals surface area contributed by atoms with Crippen molar-refractivity contribution in [3.8, 4) is 0 Å². The molecule has 0 saturated heterocycles. The molecular weight excluding hydrogens is 272 g/mol. The molecule has 6 heteroatoms. The first-order chi connectivity index (χ1) is 10.1. The highest BCUT2D eigenvalue weighted by Crippen LogP contribution is 2.26. The molecule has 0 N–H and O–H groups in total. The van der Waals surface area contributed by atoms with Crippen molar-refractivity contribution in [1.29, 1.82) is 0 Å². The van der Waals surface area contributed by atoms with Crippen molar-refractivity contribution >= 4 is 23.3 Å². The van der Waals surface area contributed by atoms with E-state index in [0.29, 0.717) is 0 Å². The van der Waals surface area contributed by atoms with Crippen molar-refractivity contribution in [3.63, 3.8) is 0 Å². The summed E-state index contributed by atoms with van der Waals surface area (Å²) in [5.41, 5.74) is 2.05. The monoisotopic (exact) mass is 290 g/mol. The number of hydrogen-bond acceptors (Lipinski definition) is 6. The van der Waals surface area contributed by atoms with Gasteiger partial charge in [0.15, 0.2) is 6.04 Å². The summed E-state index contributed by atoms with van der Waals surface area (Å²) < 4.78 is 9.73. The molecule has 0 spiro atoms. The maximum atomic E-state index is 12.1. The van der Waals surface area contributed by atoms with E-state index in [1.165, 1.54) is 12.1 Å². The molecule has 1 aromatic rings. The molecule has 0 aromatic heterocycles. The van der Waals surface area contributed by atoms with E-state index in [1.54, 1.807) is 6.92 Å². The molecule has 21 heavy (non-hydrogen) atoms. The molecule has 1 aromatic carbocycles. The second kappa shape index (κ2) is 6.39. The van der Waals surface area contributed by atoms with Crippen molar-refractivity contribution in [2.75, 3.05) is 18.7 Å². The molecule has 2 rings (SSSR count). The van der Waals surface area contributed by atoms with Gasteiger partial charge in [-0.3, -0.25) is 5.01 Å². The zero-order valence-electron chi connectivity index (χ0n) is 12.3. The van der Waals surface area contributed by atoms with Gasteiger partial charge in [-0.1, -0.05) is 17.7 Å². The zero-order chi connectivity index (χ0) is 15.4. The number of rotatable bonds is 4. The van der Waals surface area contributed by atoms with Crippen LogP contribution in [0.4, 0.5) is 5.69 Å². The fourth-order valence-electron chi connectivity index (χ4n) is 2.11.